The van der Waals surface area contributed by atoms with Gasteiger partial charge < -0.3 is 10.2 Å². The van der Waals surface area contributed by atoms with E-state index < -0.39 is 0 Å². The van der Waals surface area contributed by atoms with Gasteiger partial charge in [0.05, 0.1) is 5.56 Å². The summed E-state index contributed by atoms with van der Waals surface area (Å²) >= 11 is 0. The van der Waals surface area contributed by atoms with Gasteiger partial charge >= 0.3 is 0 Å². The first-order valence-corrected chi connectivity index (χ1v) is 8.77. The van der Waals surface area contributed by atoms with Gasteiger partial charge in [-0.1, -0.05) is 43.0 Å². The zero-order valence-electron chi connectivity index (χ0n) is 15.3. The van der Waals surface area contributed by atoms with E-state index in [1.54, 1.807) is 18.5 Å². The number of furan rings is 1. The van der Waals surface area contributed by atoms with Crippen LogP contribution in [-0.2, 0) is 6.42 Å². The molecule has 27 heavy (non-hydrogen) atoms. The fourth-order valence-electron chi connectivity index (χ4n) is 2.92. The second-order valence-corrected chi connectivity index (χ2v) is 6.19. The minimum atomic E-state index is 0.502. The molecule has 0 bridgehead atoms. The lowest BCUT2D eigenvalue weighted by Gasteiger charge is -2.02. The molecule has 0 aliphatic carbocycles. The highest BCUT2D eigenvalue weighted by Crippen LogP contribution is 2.19. The van der Waals surface area contributed by atoms with E-state index >= 15 is 0 Å². The highest BCUT2D eigenvalue weighted by molar-refractivity contribution is 5.73. The van der Waals surface area contributed by atoms with Crippen LogP contribution in [0.2, 0.25) is 0 Å². The SMILES string of the molecule is C=c1cc(-c2ccc(CCN)cc2)o/c1=C(/C=C\C)c1cncc(C#N)c1. The number of nitrogens with zero attached hydrogens (tertiary/aromatic N) is 2. The lowest BCUT2D eigenvalue weighted by Crippen LogP contribution is -2.20. The first kappa shape index (κ1) is 18.4. The molecule has 2 heterocycles. The van der Waals surface area contributed by atoms with Gasteiger partial charge in [0.1, 0.15) is 17.2 Å². The minimum absolute atomic E-state index is 0.502. The number of nitrogens with two attached hydrogens (primary N) is 1. The molecule has 0 atom stereocenters. The van der Waals surface area contributed by atoms with Gasteiger partial charge in [0, 0.05) is 34.3 Å². The molecule has 2 aromatic heterocycles. The summed E-state index contributed by atoms with van der Waals surface area (Å²) in [5.41, 5.74) is 10.6. The van der Waals surface area contributed by atoms with Crippen molar-refractivity contribution in [1.29, 1.82) is 5.26 Å². The third-order valence-corrected chi connectivity index (χ3v) is 4.24. The van der Waals surface area contributed by atoms with Crippen LogP contribution in [-0.4, -0.2) is 11.5 Å². The maximum Gasteiger partial charge on any atom is 0.142 e. The Morgan fingerprint density at radius 3 is 2.70 bits per heavy atom. The van der Waals surface area contributed by atoms with Gasteiger partial charge in [0.2, 0.25) is 0 Å². The number of rotatable bonds is 5. The molecule has 0 unspecified atom stereocenters. The fourth-order valence-corrected chi connectivity index (χ4v) is 2.92. The standard InChI is InChI=1S/C23H21N3O/c1-3-4-21(20-12-18(13-25)14-26-15-20)23-16(2)11-22(27-23)19-7-5-17(6-8-19)9-10-24/h3-8,11-12,14-15H,2,9-10,24H2,1H3/b4-3-,23-21-. The lowest BCUT2D eigenvalue weighted by atomic mass is 10.1. The van der Waals surface area contributed by atoms with Crippen molar-refractivity contribution in [3.63, 3.8) is 0 Å². The molecule has 134 valence electrons. The molecule has 0 aliphatic heterocycles. The minimum Gasteiger partial charge on any atom is -0.455 e. The molecule has 0 saturated heterocycles. The third-order valence-electron chi connectivity index (χ3n) is 4.24. The molecular formula is C23H21N3O. The monoisotopic (exact) mass is 355 g/mol. The predicted octanol–water partition coefficient (Wildman–Crippen LogP) is 2.90. The maximum absolute atomic E-state index is 9.15. The zero-order chi connectivity index (χ0) is 19.2. The molecule has 1 aromatic carbocycles. The van der Waals surface area contributed by atoms with Crippen LogP contribution in [0.5, 0.6) is 0 Å². The molecule has 4 heteroatoms. The Morgan fingerprint density at radius 2 is 2.04 bits per heavy atom. The van der Waals surface area contributed by atoms with Crippen LogP contribution in [0.1, 0.15) is 23.6 Å². The predicted molar refractivity (Wildman–Crippen MR) is 108 cm³/mol. The van der Waals surface area contributed by atoms with E-state index in [0.29, 0.717) is 17.5 Å². The van der Waals surface area contributed by atoms with E-state index in [9.17, 15) is 0 Å². The highest BCUT2D eigenvalue weighted by Gasteiger charge is 2.09. The fraction of sp³-hybridized carbons (Fsp3) is 0.130. The van der Waals surface area contributed by atoms with Crippen molar-refractivity contribution in [2.45, 2.75) is 13.3 Å². The summed E-state index contributed by atoms with van der Waals surface area (Å²) in [5, 5.41) is 9.94. The van der Waals surface area contributed by atoms with Crippen LogP contribution in [0.4, 0.5) is 0 Å². The van der Waals surface area contributed by atoms with Crippen LogP contribution >= 0.6 is 0 Å². The van der Waals surface area contributed by atoms with E-state index in [-0.39, 0.29) is 0 Å². The first-order chi connectivity index (χ1) is 13.2. The molecule has 0 aliphatic rings. The normalized spacial score (nSPS) is 12.2. The smallest absolute Gasteiger partial charge is 0.142 e. The number of allylic oxidation sites excluding steroid dienone is 2. The Hall–Kier alpha value is -3.42. The van der Waals surface area contributed by atoms with Crippen molar-refractivity contribution in [3.8, 4) is 17.4 Å². The lowest BCUT2D eigenvalue weighted by molar-refractivity contribution is 0.543. The van der Waals surface area contributed by atoms with Crippen molar-refractivity contribution < 1.29 is 4.42 Å². The molecule has 3 aromatic rings. The summed E-state index contributed by atoms with van der Waals surface area (Å²) in [5.74, 6) is 0.751. The molecule has 0 saturated carbocycles. The summed E-state index contributed by atoms with van der Waals surface area (Å²) < 4.78 is 6.16. The quantitative estimate of drug-likeness (QED) is 0.763. The first-order valence-electron chi connectivity index (χ1n) is 8.77. The molecule has 0 radical (unpaired) electrons. The van der Waals surface area contributed by atoms with Crippen LogP contribution in [0.25, 0.3) is 23.5 Å². The number of aromatic nitrogens is 1. The van der Waals surface area contributed by atoms with Crippen molar-refractivity contribution in [2.24, 2.45) is 5.73 Å². The Bertz CT molecular complexity index is 1120. The van der Waals surface area contributed by atoms with Crippen LogP contribution in [0.3, 0.4) is 0 Å². The molecule has 4 nitrogen and oxygen atoms in total. The second kappa shape index (κ2) is 8.31. The van der Waals surface area contributed by atoms with E-state index in [1.165, 1.54) is 5.56 Å². The van der Waals surface area contributed by atoms with Gasteiger partial charge in [-0.15, -0.1) is 0 Å². The van der Waals surface area contributed by atoms with Crippen molar-refractivity contribution >= 4 is 12.2 Å². The average Bonchev–Trinajstić information content (AvgIpc) is 3.08. The van der Waals surface area contributed by atoms with Crippen molar-refractivity contribution in [3.05, 3.63) is 88.3 Å². The van der Waals surface area contributed by atoms with E-state index in [2.05, 4.69) is 29.8 Å². The summed E-state index contributed by atoms with van der Waals surface area (Å²) in [6, 6.07) is 14.0. The van der Waals surface area contributed by atoms with Gasteiger partial charge in [-0.3, -0.25) is 4.98 Å². The van der Waals surface area contributed by atoms with Crippen LogP contribution in [0.15, 0.2) is 65.4 Å². The Morgan fingerprint density at radius 1 is 1.26 bits per heavy atom. The number of nitriles is 1. The van der Waals surface area contributed by atoms with E-state index in [1.807, 2.05) is 37.3 Å². The molecule has 0 fully saturated rings. The number of hydrogen-bond acceptors (Lipinski definition) is 4. The Balaban J connectivity index is 2.14. The second-order valence-electron chi connectivity index (χ2n) is 6.19. The van der Waals surface area contributed by atoms with Gasteiger partial charge in [-0.2, -0.15) is 5.26 Å². The average molecular weight is 355 g/mol. The third kappa shape index (κ3) is 4.05. The van der Waals surface area contributed by atoms with Crippen LogP contribution < -0.4 is 16.4 Å². The summed E-state index contributed by atoms with van der Waals surface area (Å²) in [7, 11) is 0. The summed E-state index contributed by atoms with van der Waals surface area (Å²) in [4.78, 5) is 4.16. The van der Waals surface area contributed by atoms with Crippen molar-refractivity contribution in [1.82, 2.24) is 4.98 Å². The number of hydrogen-bond donors (Lipinski definition) is 1. The molecule has 0 amide bonds. The van der Waals surface area contributed by atoms with Crippen molar-refractivity contribution in [2.75, 3.05) is 6.54 Å². The largest absolute Gasteiger partial charge is 0.455 e. The topological polar surface area (TPSA) is 75.8 Å². The molecular weight excluding hydrogens is 334 g/mol. The Kier molecular flexibility index (Phi) is 5.65. The molecule has 2 N–H and O–H groups in total. The molecule has 3 rings (SSSR count). The maximum atomic E-state index is 9.15. The van der Waals surface area contributed by atoms with Gasteiger partial charge in [-0.25, -0.2) is 0 Å². The van der Waals surface area contributed by atoms with E-state index in [0.717, 1.165) is 34.1 Å². The van der Waals surface area contributed by atoms with E-state index in [4.69, 9.17) is 15.4 Å². The van der Waals surface area contributed by atoms with Crippen LogP contribution in [0, 0.1) is 11.3 Å². The van der Waals surface area contributed by atoms with Gasteiger partial charge in [-0.05, 0) is 37.6 Å². The summed E-state index contributed by atoms with van der Waals surface area (Å²) in [6.07, 6.45) is 7.99. The zero-order valence-corrected chi connectivity index (χ0v) is 15.3. The number of benzene rings is 1. The highest BCUT2D eigenvalue weighted by atomic mass is 16.3. The molecule has 0 spiro atoms. The summed E-state index contributed by atoms with van der Waals surface area (Å²) in [6.45, 7) is 6.70. The Labute approximate surface area is 158 Å². The van der Waals surface area contributed by atoms with Gasteiger partial charge in [0.15, 0.2) is 0 Å². The number of pyridine rings is 1. The van der Waals surface area contributed by atoms with Gasteiger partial charge in [0.25, 0.3) is 0 Å².